The highest BCUT2D eigenvalue weighted by molar-refractivity contribution is 5.20. The van der Waals surface area contributed by atoms with Gasteiger partial charge < -0.3 is 4.42 Å². The van der Waals surface area contributed by atoms with Crippen molar-refractivity contribution in [3.63, 3.8) is 0 Å². The number of hydrogen-bond donors (Lipinski definition) is 0. The van der Waals surface area contributed by atoms with E-state index >= 15 is 0 Å². The molecule has 1 aromatic rings. The van der Waals surface area contributed by atoms with Crippen LogP contribution in [0.15, 0.2) is 10.5 Å². The van der Waals surface area contributed by atoms with E-state index in [1.165, 1.54) is 0 Å². The summed E-state index contributed by atoms with van der Waals surface area (Å²) in [5, 5.41) is 0. The second-order valence-corrected chi connectivity index (χ2v) is 2.14. The minimum atomic E-state index is 0.573. The molecular weight excluding hydrogens is 112 g/mol. The van der Waals surface area contributed by atoms with Crippen molar-refractivity contribution in [1.82, 2.24) is 0 Å². The van der Waals surface area contributed by atoms with Crippen molar-refractivity contribution < 1.29 is 4.42 Å². The second-order valence-electron chi connectivity index (χ2n) is 2.14. The van der Waals surface area contributed by atoms with Crippen molar-refractivity contribution in [2.45, 2.75) is 20.3 Å². The normalized spacial score (nSPS) is 10.1. The molecule has 1 nitrogen and oxygen atoms in total. The summed E-state index contributed by atoms with van der Waals surface area (Å²) in [4.78, 5) is 0. The zero-order valence-corrected chi connectivity index (χ0v) is 5.77. The fourth-order valence-corrected chi connectivity index (χ4v) is 0.886. The summed E-state index contributed by atoms with van der Waals surface area (Å²) in [6.07, 6.45) is 0.573. The van der Waals surface area contributed by atoms with Crippen LogP contribution in [0.3, 0.4) is 0 Å². The van der Waals surface area contributed by atoms with Gasteiger partial charge in [0.2, 0.25) is 0 Å². The van der Waals surface area contributed by atoms with Crippen LogP contribution in [-0.4, -0.2) is 0 Å². The van der Waals surface area contributed by atoms with Gasteiger partial charge in [-0.1, -0.05) is 0 Å². The average molecular weight is 122 g/mol. The van der Waals surface area contributed by atoms with Gasteiger partial charge in [0.15, 0.2) is 0 Å². The topological polar surface area (TPSA) is 13.1 Å². The van der Waals surface area contributed by atoms with Gasteiger partial charge in [-0.2, -0.15) is 0 Å². The smallest absolute Gasteiger partial charge is 0.104 e. The molecule has 9 heavy (non-hydrogen) atoms. The molecule has 2 radical (unpaired) electrons. The Labute approximate surface area is 55.7 Å². The third-order valence-electron chi connectivity index (χ3n) is 1.36. The van der Waals surface area contributed by atoms with E-state index in [1.54, 1.807) is 0 Å². The van der Waals surface area contributed by atoms with Crippen molar-refractivity contribution in [3.8, 4) is 0 Å². The summed E-state index contributed by atoms with van der Waals surface area (Å²) in [7, 11) is 0. The van der Waals surface area contributed by atoms with Crippen LogP contribution in [0.25, 0.3) is 0 Å². The van der Waals surface area contributed by atoms with Crippen LogP contribution < -0.4 is 0 Å². The van der Waals surface area contributed by atoms with Crippen molar-refractivity contribution in [2.24, 2.45) is 0 Å². The van der Waals surface area contributed by atoms with Gasteiger partial charge in [0.25, 0.3) is 0 Å². The van der Waals surface area contributed by atoms with Crippen molar-refractivity contribution in [1.29, 1.82) is 0 Å². The summed E-state index contributed by atoms with van der Waals surface area (Å²) in [5.74, 6) is 1.88. The van der Waals surface area contributed by atoms with Crippen LogP contribution in [0.1, 0.15) is 17.1 Å². The Kier molecular flexibility index (Phi) is 1.60. The highest BCUT2D eigenvalue weighted by Gasteiger charge is 1.99. The molecule has 48 valence electrons. The summed E-state index contributed by atoms with van der Waals surface area (Å²) in [6.45, 7) is 9.25. The molecule has 0 aliphatic heterocycles. The first kappa shape index (κ1) is 6.40. The number of hydrogen-bond acceptors (Lipinski definition) is 1. The minimum Gasteiger partial charge on any atom is -0.466 e. The molecule has 0 saturated heterocycles. The predicted octanol–water partition coefficient (Wildman–Crippen LogP) is 2.15. The Morgan fingerprint density at radius 3 is 2.44 bits per heavy atom. The molecule has 0 aliphatic rings. The molecule has 1 rings (SSSR count). The third-order valence-corrected chi connectivity index (χ3v) is 1.36. The fourth-order valence-electron chi connectivity index (χ4n) is 0.886. The molecule has 0 saturated carbocycles. The first-order chi connectivity index (χ1) is 4.24. The number of rotatable bonds is 1. The lowest BCUT2D eigenvalue weighted by atomic mass is 10.2. The van der Waals surface area contributed by atoms with Gasteiger partial charge in [0, 0.05) is 0 Å². The van der Waals surface area contributed by atoms with E-state index in [-0.39, 0.29) is 0 Å². The molecule has 0 atom stereocenters. The predicted molar refractivity (Wildman–Crippen MR) is 36.2 cm³/mol. The standard InChI is InChI=1S/C8H10O/c1-4-8-5-6(2)9-7(8)3/h1,5H,4H2,2-3H3. The Morgan fingerprint density at radius 1 is 1.56 bits per heavy atom. The van der Waals surface area contributed by atoms with Gasteiger partial charge in [0.05, 0.1) is 0 Å². The van der Waals surface area contributed by atoms with E-state index in [2.05, 4.69) is 0 Å². The van der Waals surface area contributed by atoms with Crippen LogP contribution in [0.5, 0.6) is 0 Å². The molecule has 0 N–H and O–H groups in total. The summed E-state index contributed by atoms with van der Waals surface area (Å²) >= 11 is 0. The molecular formula is C8H10O. The van der Waals surface area contributed by atoms with Gasteiger partial charge in [-0.3, -0.25) is 0 Å². The average Bonchev–Trinajstić information content (AvgIpc) is 2.10. The van der Waals surface area contributed by atoms with E-state index in [0.717, 1.165) is 17.1 Å². The molecule has 0 aliphatic carbocycles. The summed E-state index contributed by atoms with van der Waals surface area (Å²) in [5.41, 5.74) is 1.10. The summed E-state index contributed by atoms with van der Waals surface area (Å²) in [6, 6.07) is 1.97. The van der Waals surface area contributed by atoms with E-state index < -0.39 is 0 Å². The maximum absolute atomic E-state index is 5.40. The summed E-state index contributed by atoms with van der Waals surface area (Å²) < 4.78 is 5.23. The van der Waals surface area contributed by atoms with Gasteiger partial charge in [-0.15, -0.1) is 0 Å². The molecule has 0 spiro atoms. The van der Waals surface area contributed by atoms with Crippen molar-refractivity contribution in [2.75, 3.05) is 0 Å². The van der Waals surface area contributed by atoms with Gasteiger partial charge >= 0.3 is 0 Å². The van der Waals surface area contributed by atoms with Crippen molar-refractivity contribution >= 4 is 0 Å². The van der Waals surface area contributed by atoms with Crippen LogP contribution in [0.2, 0.25) is 0 Å². The Morgan fingerprint density at radius 2 is 2.22 bits per heavy atom. The van der Waals surface area contributed by atoms with Gasteiger partial charge in [-0.25, -0.2) is 0 Å². The Bertz CT molecular complexity index is 198. The largest absolute Gasteiger partial charge is 0.466 e. The maximum Gasteiger partial charge on any atom is 0.104 e. The Balaban J connectivity index is 3.01. The molecule has 0 bridgehead atoms. The Hall–Kier alpha value is -0.720. The lowest BCUT2D eigenvalue weighted by molar-refractivity contribution is 0.502. The molecule has 1 heterocycles. The van der Waals surface area contributed by atoms with Gasteiger partial charge in [-0.05, 0) is 38.8 Å². The quantitative estimate of drug-likeness (QED) is 0.556. The minimum absolute atomic E-state index is 0.573. The van der Waals surface area contributed by atoms with Crippen molar-refractivity contribution in [3.05, 3.63) is 30.1 Å². The van der Waals surface area contributed by atoms with E-state index in [0.29, 0.717) is 6.42 Å². The number of furan rings is 1. The second kappa shape index (κ2) is 2.26. The molecule has 1 aromatic heterocycles. The molecule has 0 fully saturated rings. The van der Waals surface area contributed by atoms with E-state index in [1.807, 2.05) is 19.9 Å². The highest BCUT2D eigenvalue weighted by atomic mass is 16.3. The van der Waals surface area contributed by atoms with E-state index in [4.69, 9.17) is 11.3 Å². The zero-order chi connectivity index (χ0) is 6.85. The maximum atomic E-state index is 5.40. The SMILES string of the molecule is [CH]Cc1cc(C)oc1C. The van der Waals surface area contributed by atoms with Crippen LogP contribution in [0, 0.1) is 20.8 Å². The highest BCUT2D eigenvalue weighted by Crippen LogP contribution is 2.12. The first-order valence-corrected chi connectivity index (χ1v) is 3.00. The van der Waals surface area contributed by atoms with Crippen LogP contribution in [0.4, 0.5) is 0 Å². The van der Waals surface area contributed by atoms with E-state index in [9.17, 15) is 0 Å². The molecule has 1 heteroatoms. The first-order valence-electron chi connectivity index (χ1n) is 3.00. The zero-order valence-electron chi connectivity index (χ0n) is 5.77. The fraction of sp³-hybridized carbons (Fsp3) is 0.375. The van der Waals surface area contributed by atoms with Gasteiger partial charge in [0.1, 0.15) is 11.5 Å². The van der Waals surface area contributed by atoms with Crippen LogP contribution in [-0.2, 0) is 6.42 Å². The molecule has 0 aromatic carbocycles. The third kappa shape index (κ3) is 1.15. The lowest BCUT2D eigenvalue weighted by Crippen LogP contribution is -1.75. The molecule has 0 amide bonds. The lowest BCUT2D eigenvalue weighted by Gasteiger charge is -1.86. The molecule has 0 unspecified atom stereocenters. The number of aryl methyl sites for hydroxylation is 2. The van der Waals surface area contributed by atoms with Crippen LogP contribution >= 0.6 is 0 Å². The monoisotopic (exact) mass is 122 g/mol.